The monoisotopic (exact) mass is 325 g/mol. The third-order valence-electron chi connectivity index (χ3n) is 4.06. The summed E-state index contributed by atoms with van der Waals surface area (Å²) >= 11 is 0. The normalized spacial score (nSPS) is 19.5. The van der Waals surface area contributed by atoms with E-state index in [4.69, 9.17) is 4.74 Å². The number of carbonyl (C=O) groups excluding carboxylic acids is 2. The summed E-state index contributed by atoms with van der Waals surface area (Å²) in [5, 5.41) is 2.79. The van der Waals surface area contributed by atoms with Crippen LogP contribution in [0.3, 0.4) is 0 Å². The van der Waals surface area contributed by atoms with Crippen LogP contribution in [0.4, 0.5) is 5.82 Å². The number of nitrogens with one attached hydrogen (secondary N) is 1. The molecule has 6 nitrogen and oxygen atoms in total. The largest absolute Gasteiger partial charge is 0.464 e. The van der Waals surface area contributed by atoms with Gasteiger partial charge in [-0.05, 0) is 31.5 Å². The van der Waals surface area contributed by atoms with E-state index >= 15 is 0 Å². The molecule has 2 aromatic rings. The van der Waals surface area contributed by atoms with Gasteiger partial charge in [0.15, 0.2) is 11.6 Å². The SMILES string of the molecule is Cc1cccc(CNC(=O)[C@@]2(C)Oc3cccnc3N(C)C2=O)c1. The van der Waals surface area contributed by atoms with Crippen molar-refractivity contribution in [3.63, 3.8) is 0 Å². The number of hydrogen-bond donors (Lipinski definition) is 1. The summed E-state index contributed by atoms with van der Waals surface area (Å²) in [4.78, 5) is 30.7. The molecular weight excluding hydrogens is 306 g/mol. The molecule has 1 N–H and O–H groups in total. The third kappa shape index (κ3) is 2.71. The molecule has 1 aromatic heterocycles. The molecule has 24 heavy (non-hydrogen) atoms. The van der Waals surface area contributed by atoms with E-state index in [1.165, 1.54) is 11.8 Å². The molecule has 2 heterocycles. The van der Waals surface area contributed by atoms with E-state index in [2.05, 4.69) is 10.3 Å². The number of rotatable bonds is 3. The summed E-state index contributed by atoms with van der Waals surface area (Å²) < 4.78 is 5.71. The molecule has 1 aromatic carbocycles. The molecule has 3 rings (SSSR count). The van der Waals surface area contributed by atoms with Crippen molar-refractivity contribution in [2.24, 2.45) is 0 Å². The first-order valence-electron chi connectivity index (χ1n) is 7.68. The summed E-state index contributed by atoms with van der Waals surface area (Å²) in [6, 6.07) is 11.2. The van der Waals surface area contributed by atoms with E-state index in [0.29, 0.717) is 18.1 Å². The van der Waals surface area contributed by atoms with Crippen molar-refractivity contribution in [2.45, 2.75) is 26.0 Å². The number of carbonyl (C=O) groups is 2. The van der Waals surface area contributed by atoms with E-state index in [-0.39, 0.29) is 0 Å². The minimum atomic E-state index is -1.62. The first-order valence-corrected chi connectivity index (χ1v) is 7.68. The maximum absolute atomic E-state index is 12.6. The Bertz CT molecular complexity index is 806. The van der Waals surface area contributed by atoms with Crippen LogP contribution >= 0.6 is 0 Å². The number of hydrogen-bond acceptors (Lipinski definition) is 4. The number of aromatic nitrogens is 1. The Labute approximate surface area is 140 Å². The Balaban J connectivity index is 1.80. The van der Waals surface area contributed by atoms with Crippen molar-refractivity contribution in [3.05, 3.63) is 53.7 Å². The maximum atomic E-state index is 12.6. The van der Waals surface area contributed by atoms with Crippen LogP contribution in [-0.4, -0.2) is 29.4 Å². The summed E-state index contributed by atoms with van der Waals surface area (Å²) in [6.45, 7) is 3.79. The molecule has 1 aliphatic rings. The highest BCUT2D eigenvalue weighted by Crippen LogP contribution is 2.34. The lowest BCUT2D eigenvalue weighted by atomic mass is 10.0. The maximum Gasteiger partial charge on any atom is 0.281 e. The molecule has 124 valence electrons. The second kappa shape index (κ2) is 5.96. The number of aryl methyl sites for hydroxylation is 1. The molecule has 0 unspecified atom stereocenters. The van der Waals surface area contributed by atoms with Crippen LogP contribution in [0.5, 0.6) is 5.75 Å². The number of benzene rings is 1. The number of amides is 2. The smallest absolute Gasteiger partial charge is 0.281 e. The van der Waals surface area contributed by atoms with Gasteiger partial charge in [-0.2, -0.15) is 0 Å². The average Bonchev–Trinajstić information content (AvgIpc) is 2.58. The number of fused-ring (bicyclic) bond motifs is 1. The fraction of sp³-hybridized carbons (Fsp3) is 0.278. The summed E-state index contributed by atoms with van der Waals surface area (Å²) in [6.07, 6.45) is 1.58. The van der Waals surface area contributed by atoms with E-state index in [9.17, 15) is 9.59 Å². The molecular formula is C18H19N3O3. The quantitative estimate of drug-likeness (QED) is 0.874. The molecule has 0 fully saturated rings. The van der Waals surface area contributed by atoms with Crippen LogP contribution in [0.1, 0.15) is 18.1 Å². The van der Waals surface area contributed by atoms with Crippen molar-refractivity contribution >= 4 is 17.6 Å². The molecule has 2 amide bonds. The van der Waals surface area contributed by atoms with E-state index in [1.54, 1.807) is 25.4 Å². The fourth-order valence-electron chi connectivity index (χ4n) is 2.71. The second-order valence-corrected chi connectivity index (χ2v) is 6.00. The zero-order valence-corrected chi connectivity index (χ0v) is 13.9. The molecule has 1 aliphatic heterocycles. The van der Waals surface area contributed by atoms with Crippen molar-refractivity contribution in [1.29, 1.82) is 0 Å². The Morgan fingerprint density at radius 2 is 2.12 bits per heavy atom. The molecule has 0 aliphatic carbocycles. The van der Waals surface area contributed by atoms with Crippen molar-refractivity contribution in [1.82, 2.24) is 10.3 Å². The van der Waals surface area contributed by atoms with Crippen molar-refractivity contribution < 1.29 is 14.3 Å². The van der Waals surface area contributed by atoms with E-state index in [0.717, 1.165) is 11.1 Å². The summed E-state index contributed by atoms with van der Waals surface area (Å²) in [5.74, 6) is -0.106. The minimum absolute atomic E-state index is 0.330. The standard InChI is InChI=1S/C18H19N3O3/c1-12-6-4-7-13(10-12)11-20-16(22)18(2)17(23)21(3)15-14(24-18)8-5-9-19-15/h4-10H,11H2,1-3H3,(H,20,22)/t18-/m1/s1. The lowest BCUT2D eigenvalue weighted by molar-refractivity contribution is -0.148. The van der Waals surface area contributed by atoms with Gasteiger partial charge in [0.25, 0.3) is 17.4 Å². The number of ether oxygens (including phenoxy) is 1. The van der Waals surface area contributed by atoms with E-state index in [1.807, 2.05) is 31.2 Å². The lowest BCUT2D eigenvalue weighted by Crippen LogP contribution is -2.61. The van der Waals surface area contributed by atoms with Crippen molar-refractivity contribution in [2.75, 3.05) is 11.9 Å². The van der Waals surface area contributed by atoms with Gasteiger partial charge in [-0.1, -0.05) is 29.8 Å². The van der Waals surface area contributed by atoms with Crippen LogP contribution in [0, 0.1) is 6.92 Å². The highest BCUT2D eigenvalue weighted by Gasteiger charge is 2.50. The highest BCUT2D eigenvalue weighted by molar-refractivity contribution is 6.15. The number of anilines is 1. The summed E-state index contributed by atoms with van der Waals surface area (Å²) in [5.41, 5.74) is 0.456. The Hall–Kier alpha value is -2.89. The number of likely N-dealkylation sites (N-methyl/N-ethyl adjacent to an activating group) is 1. The summed E-state index contributed by atoms with van der Waals surface area (Å²) in [7, 11) is 1.59. The number of pyridine rings is 1. The van der Waals surface area contributed by atoms with Crippen LogP contribution in [-0.2, 0) is 16.1 Å². The van der Waals surface area contributed by atoms with Gasteiger partial charge in [-0.3, -0.25) is 14.5 Å². The van der Waals surface area contributed by atoms with Gasteiger partial charge in [-0.15, -0.1) is 0 Å². The molecule has 0 bridgehead atoms. The molecule has 0 spiro atoms. The zero-order valence-electron chi connectivity index (χ0n) is 13.9. The minimum Gasteiger partial charge on any atom is -0.464 e. The second-order valence-electron chi connectivity index (χ2n) is 6.00. The molecule has 1 atom stereocenters. The van der Waals surface area contributed by atoms with Crippen LogP contribution in [0.25, 0.3) is 0 Å². The van der Waals surface area contributed by atoms with Gasteiger partial charge >= 0.3 is 0 Å². The molecule has 0 saturated carbocycles. The Morgan fingerprint density at radius 3 is 2.88 bits per heavy atom. The van der Waals surface area contributed by atoms with Crippen LogP contribution in [0.15, 0.2) is 42.6 Å². The van der Waals surface area contributed by atoms with Crippen LogP contribution in [0.2, 0.25) is 0 Å². The fourth-order valence-corrected chi connectivity index (χ4v) is 2.71. The highest BCUT2D eigenvalue weighted by atomic mass is 16.5. The first kappa shape index (κ1) is 16.0. The Morgan fingerprint density at radius 1 is 1.33 bits per heavy atom. The molecule has 0 radical (unpaired) electrons. The van der Waals surface area contributed by atoms with Gasteiger partial charge in [0.1, 0.15) is 0 Å². The van der Waals surface area contributed by atoms with Gasteiger partial charge in [-0.25, -0.2) is 4.98 Å². The predicted molar refractivity (Wildman–Crippen MR) is 89.7 cm³/mol. The topological polar surface area (TPSA) is 71.5 Å². The van der Waals surface area contributed by atoms with Gasteiger partial charge in [0, 0.05) is 19.8 Å². The average molecular weight is 325 g/mol. The van der Waals surface area contributed by atoms with Gasteiger partial charge in [0.2, 0.25) is 0 Å². The third-order valence-corrected chi connectivity index (χ3v) is 4.06. The van der Waals surface area contributed by atoms with Crippen molar-refractivity contribution in [3.8, 4) is 5.75 Å². The molecule has 0 saturated heterocycles. The predicted octanol–water partition coefficient (Wildman–Crippen LogP) is 1.82. The van der Waals surface area contributed by atoms with Gasteiger partial charge < -0.3 is 10.1 Å². The van der Waals surface area contributed by atoms with E-state index < -0.39 is 17.4 Å². The lowest BCUT2D eigenvalue weighted by Gasteiger charge is -2.36. The van der Waals surface area contributed by atoms with Gasteiger partial charge in [0.05, 0.1) is 0 Å². The Kier molecular flexibility index (Phi) is 3.97. The number of nitrogens with zero attached hydrogens (tertiary/aromatic N) is 2. The zero-order chi connectivity index (χ0) is 17.3. The van der Waals surface area contributed by atoms with Crippen LogP contribution < -0.4 is 15.0 Å². The molecule has 6 heteroatoms. The first-order chi connectivity index (χ1) is 11.4.